The molecule has 0 aliphatic heterocycles. The van der Waals surface area contributed by atoms with Gasteiger partial charge in [-0.05, 0) is 13.8 Å². The van der Waals surface area contributed by atoms with Crippen molar-refractivity contribution in [3.8, 4) is 5.75 Å². The van der Waals surface area contributed by atoms with Gasteiger partial charge < -0.3 is 9.84 Å². The Labute approximate surface area is 76.2 Å². The highest BCUT2D eigenvalue weighted by atomic mass is 16.5. The van der Waals surface area contributed by atoms with Crippen molar-refractivity contribution in [1.29, 1.82) is 0 Å². The lowest BCUT2D eigenvalue weighted by atomic mass is 10.1. The molecular formula is C9H11NO3. The van der Waals surface area contributed by atoms with Crippen LogP contribution in [0.5, 0.6) is 5.75 Å². The van der Waals surface area contributed by atoms with Crippen LogP contribution in [0.4, 0.5) is 0 Å². The van der Waals surface area contributed by atoms with Crippen LogP contribution in [0.1, 0.15) is 22.8 Å². The van der Waals surface area contributed by atoms with E-state index in [0.717, 1.165) is 0 Å². The van der Waals surface area contributed by atoms with Crippen molar-refractivity contribution in [2.24, 2.45) is 0 Å². The maximum Gasteiger partial charge on any atom is 0.340 e. The zero-order chi connectivity index (χ0) is 9.84. The van der Waals surface area contributed by atoms with Crippen LogP contribution in [-0.2, 0) is 4.74 Å². The number of hydrogen-bond donors (Lipinski definition) is 1. The second-order valence-corrected chi connectivity index (χ2v) is 2.55. The summed E-state index contributed by atoms with van der Waals surface area (Å²) in [4.78, 5) is 14.9. The van der Waals surface area contributed by atoms with Crippen LogP contribution in [0.3, 0.4) is 0 Å². The molecule has 4 heteroatoms. The minimum Gasteiger partial charge on any atom is -0.506 e. The van der Waals surface area contributed by atoms with Gasteiger partial charge in [-0.15, -0.1) is 0 Å². The third-order valence-electron chi connectivity index (χ3n) is 1.68. The fourth-order valence-corrected chi connectivity index (χ4v) is 0.929. The van der Waals surface area contributed by atoms with E-state index in [1.165, 1.54) is 12.4 Å². The first-order valence-electron chi connectivity index (χ1n) is 3.97. The Balaban J connectivity index is 3.01. The van der Waals surface area contributed by atoms with Crippen molar-refractivity contribution in [3.63, 3.8) is 0 Å². The molecule has 0 aromatic carbocycles. The summed E-state index contributed by atoms with van der Waals surface area (Å²) < 4.78 is 4.77. The SMILES string of the molecule is CCOC(=O)c1cncc(O)c1C. The number of carbonyl (C=O) groups is 1. The summed E-state index contributed by atoms with van der Waals surface area (Å²) in [5, 5.41) is 9.25. The van der Waals surface area contributed by atoms with Gasteiger partial charge in [0.1, 0.15) is 5.75 Å². The van der Waals surface area contributed by atoms with Gasteiger partial charge in [-0.25, -0.2) is 4.79 Å². The number of nitrogens with zero attached hydrogens (tertiary/aromatic N) is 1. The Morgan fingerprint density at radius 3 is 2.92 bits per heavy atom. The van der Waals surface area contributed by atoms with Gasteiger partial charge in [0.2, 0.25) is 0 Å². The van der Waals surface area contributed by atoms with Gasteiger partial charge in [0.05, 0.1) is 18.4 Å². The van der Waals surface area contributed by atoms with Crippen LogP contribution in [-0.4, -0.2) is 22.7 Å². The van der Waals surface area contributed by atoms with Crippen molar-refractivity contribution >= 4 is 5.97 Å². The molecule has 1 aromatic heterocycles. The monoisotopic (exact) mass is 181 g/mol. The fraction of sp³-hybridized carbons (Fsp3) is 0.333. The molecule has 0 aliphatic carbocycles. The molecule has 0 unspecified atom stereocenters. The Morgan fingerprint density at radius 1 is 1.62 bits per heavy atom. The van der Waals surface area contributed by atoms with Gasteiger partial charge in [0, 0.05) is 11.8 Å². The summed E-state index contributed by atoms with van der Waals surface area (Å²) in [6.45, 7) is 3.68. The largest absolute Gasteiger partial charge is 0.506 e. The van der Waals surface area contributed by atoms with E-state index in [4.69, 9.17) is 4.74 Å². The summed E-state index contributed by atoms with van der Waals surface area (Å²) in [6.07, 6.45) is 2.67. The number of carbonyl (C=O) groups excluding carboxylic acids is 1. The second kappa shape index (κ2) is 3.89. The molecule has 0 aliphatic rings. The summed E-state index contributed by atoms with van der Waals surface area (Å²) in [5.41, 5.74) is 0.801. The lowest BCUT2D eigenvalue weighted by molar-refractivity contribution is 0.0524. The summed E-state index contributed by atoms with van der Waals surface area (Å²) >= 11 is 0. The predicted molar refractivity (Wildman–Crippen MR) is 46.6 cm³/mol. The van der Waals surface area contributed by atoms with Crippen molar-refractivity contribution in [3.05, 3.63) is 23.5 Å². The van der Waals surface area contributed by atoms with E-state index in [9.17, 15) is 9.90 Å². The zero-order valence-electron chi connectivity index (χ0n) is 7.57. The number of esters is 1. The molecule has 1 heterocycles. The normalized spacial score (nSPS) is 9.69. The molecule has 0 amide bonds. The summed E-state index contributed by atoms with van der Waals surface area (Å²) in [5.74, 6) is -0.450. The Bertz CT molecular complexity index is 323. The Kier molecular flexibility index (Phi) is 2.84. The molecule has 0 atom stereocenters. The molecule has 0 fully saturated rings. The van der Waals surface area contributed by atoms with Crippen LogP contribution < -0.4 is 0 Å². The molecule has 0 bridgehead atoms. The predicted octanol–water partition coefficient (Wildman–Crippen LogP) is 1.27. The molecule has 1 aromatic rings. The highest BCUT2D eigenvalue weighted by Gasteiger charge is 2.12. The molecule has 1 N–H and O–H groups in total. The maximum atomic E-state index is 11.2. The molecule has 0 saturated heterocycles. The van der Waals surface area contributed by atoms with Crippen molar-refractivity contribution < 1.29 is 14.6 Å². The van der Waals surface area contributed by atoms with Gasteiger partial charge in [-0.2, -0.15) is 0 Å². The average molecular weight is 181 g/mol. The van der Waals surface area contributed by atoms with Crippen LogP contribution in [0, 0.1) is 6.92 Å². The highest BCUT2D eigenvalue weighted by molar-refractivity contribution is 5.91. The summed E-state index contributed by atoms with van der Waals surface area (Å²) in [6, 6.07) is 0. The first kappa shape index (κ1) is 9.51. The van der Waals surface area contributed by atoms with Crippen molar-refractivity contribution in [2.45, 2.75) is 13.8 Å². The molecule has 0 spiro atoms. The van der Waals surface area contributed by atoms with Gasteiger partial charge in [-0.3, -0.25) is 4.98 Å². The van der Waals surface area contributed by atoms with Gasteiger partial charge in [-0.1, -0.05) is 0 Å². The number of rotatable bonds is 2. The maximum absolute atomic E-state index is 11.2. The summed E-state index contributed by atoms with van der Waals surface area (Å²) in [7, 11) is 0. The van der Waals surface area contributed by atoms with E-state index in [1.807, 2.05) is 0 Å². The Morgan fingerprint density at radius 2 is 2.31 bits per heavy atom. The zero-order valence-corrected chi connectivity index (χ0v) is 7.57. The quantitative estimate of drug-likeness (QED) is 0.698. The number of pyridine rings is 1. The standard InChI is InChI=1S/C9H11NO3/c1-3-13-9(12)7-4-10-5-8(11)6(7)2/h4-5,11H,3H2,1-2H3. The topological polar surface area (TPSA) is 59.4 Å². The molecule has 4 nitrogen and oxygen atoms in total. The van der Waals surface area contributed by atoms with Crippen LogP contribution >= 0.6 is 0 Å². The van der Waals surface area contributed by atoms with Crippen molar-refractivity contribution in [1.82, 2.24) is 4.98 Å². The molecule has 0 saturated carbocycles. The highest BCUT2D eigenvalue weighted by Crippen LogP contribution is 2.18. The van der Waals surface area contributed by atoms with Crippen LogP contribution in [0.25, 0.3) is 0 Å². The van der Waals surface area contributed by atoms with E-state index in [2.05, 4.69) is 4.98 Å². The third-order valence-corrected chi connectivity index (χ3v) is 1.68. The lowest BCUT2D eigenvalue weighted by Gasteiger charge is -2.05. The van der Waals surface area contributed by atoms with E-state index >= 15 is 0 Å². The van der Waals surface area contributed by atoms with E-state index < -0.39 is 5.97 Å². The number of hydrogen-bond acceptors (Lipinski definition) is 4. The number of aromatic nitrogens is 1. The van der Waals surface area contributed by atoms with Gasteiger partial charge >= 0.3 is 5.97 Å². The molecule has 13 heavy (non-hydrogen) atoms. The van der Waals surface area contributed by atoms with Gasteiger partial charge in [0.15, 0.2) is 0 Å². The smallest absolute Gasteiger partial charge is 0.340 e. The molecule has 1 rings (SSSR count). The first-order chi connectivity index (χ1) is 6.16. The van der Waals surface area contributed by atoms with E-state index in [0.29, 0.717) is 17.7 Å². The second-order valence-electron chi connectivity index (χ2n) is 2.55. The van der Waals surface area contributed by atoms with Crippen molar-refractivity contribution in [2.75, 3.05) is 6.61 Å². The number of aromatic hydroxyl groups is 1. The third kappa shape index (κ3) is 1.96. The minimum absolute atomic E-state index is 0.00514. The number of ether oxygens (including phenoxy) is 1. The van der Waals surface area contributed by atoms with Crippen LogP contribution in [0.2, 0.25) is 0 Å². The fourth-order valence-electron chi connectivity index (χ4n) is 0.929. The lowest BCUT2D eigenvalue weighted by Crippen LogP contribution is -2.07. The van der Waals surface area contributed by atoms with Gasteiger partial charge in [0.25, 0.3) is 0 Å². The Hall–Kier alpha value is -1.58. The van der Waals surface area contributed by atoms with E-state index in [1.54, 1.807) is 13.8 Å². The van der Waals surface area contributed by atoms with E-state index in [-0.39, 0.29) is 5.75 Å². The molecule has 70 valence electrons. The first-order valence-corrected chi connectivity index (χ1v) is 3.97. The molecular weight excluding hydrogens is 170 g/mol. The minimum atomic E-state index is -0.455. The van der Waals surface area contributed by atoms with Crippen LogP contribution in [0.15, 0.2) is 12.4 Å². The molecule has 0 radical (unpaired) electrons. The average Bonchev–Trinajstić information content (AvgIpc) is 2.10.